The molecule has 104 valence electrons. The van der Waals surface area contributed by atoms with E-state index >= 15 is 0 Å². The largest absolute Gasteiger partial charge is 0.466 e. The summed E-state index contributed by atoms with van der Waals surface area (Å²) in [5, 5.41) is 7.78. The van der Waals surface area contributed by atoms with Crippen molar-refractivity contribution < 1.29 is 4.42 Å². The van der Waals surface area contributed by atoms with Crippen LogP contribution in [0.3, 0.4) is 0 Å². The van der Waals surface area contributed by atoms with Gasteiger partial charge in [-0.1, -0.05) is 6.92 Å². The van der Waals surface area contributed by atoms with Crippen molar-refractivity contribution >= 4 is 0 Å². The fraction of sp³-hybridized carbons (Fsp3) is 0.533. The summed E-state index contributed by atoms with van der Waals surface area (Å²) in [4.78, 5) is 0. The van der Waals surface area contributed by atoms with E-state index in [0.29, 0.717) is 0 Å². The van der Waals surface area contributed by atoms with Crippen LogP contribution in [0.2, 0.25) is 0 Å². The standard InChI is InChI=1S/C15H23N3O/c1-6-7-18-9-13(8-17-18)15(16-5)14-10(2)11(3)19-12(14)4/h8-9,15-16H,6-7H2,1-5H3. The normalized spacial score (nSPS) is 12.9. The SMILES string of the molecule is CCCn1cc(C(NC)c2c(C)oc(C)c2C)cn1. The van der Waals surface area contributed by atoms with E-state index in [9.17, 15) is 0 Å². The number of rotatable bonds is 5. The van der Waals surface area contributed by atoms with Gasteiger partial charge in [-0.15, -0.1) is 0 Å². The maximum absolute atomic E-state index is 5.74. The molecule has 4 heteroatoms. The second-order valence-electron chi connectivity index (χ2n) is 5.01. The van der Waals surface area contributed by atoms with Crippen LogP contribution in [0.4, 0.5) is 0 Å². The zero-order valence-electron chi connectivity index (χ0n) is 12.4. The highest BCUT2D eigenvalue weighted by molar-refractivity contribution is 5.39. The number of furan rings is 1. The van der Waals surface area contributed by atoms with Gasteiger partial charge in [-0.3, -0.25) is 4.68 Å². The van der Waals surface area contributed by atoms with Gasteiger partial charge in [0.25, 0.3) is 0 Å². The molecular formula is C15H23N3O. The molecule has 4 nitrogen and oxygen atoms in total. The molecule has 0 fully saturated rings. The van der Waals surface area contributed by atoms with Gasteiger partial charge in [0.05, 0.1) is 12.2 Å². The van der Waals surface area contributed by atoms with E-state index in [2.05, 4.69) is 30.5 Å². The number of aromatic nitrogens is 2. The molecule has 1 atom stereocenters. The summed E-state index contributed by atoms with van der Waals surface area (Å²) in [7, 11) is 1.98. The average molecular weight is 261 g/mol. The Morgan fingerprint density at radius 2 is 2.05 bits per heavy atom. The van der Waals surface area contributed by atoms with Crippen LogP contribution in [0.15, 0.2) is 16.8 Å². The molecule has 0 aromatic carbocycles. The van der Waals surface area contributed by atoms with Gasteiger partial charge in [-0.2, -0.15) is 5.10 Å². The Bertz CT molecular complexity index is 554. The Morgan fingerprint density at radius 3 is 2.58 bits per heavy atom. The molecule has 2 rings (SSSR count). The maximum Gasteiger partial charge on any atom is 0.106 e. The van der Waals surface area contributed by atoms with Crippen molar-refractivity contribution in [1.29, 1.82) is 0 Å². The minimum absolute atomic E-state index is 0.142. The monoisotopic (exact) mass is 261 g/mol. The Balaban J connectivity index is 2.38. The van der Waals surface area contributed by atoms with Crippen LogP contribution in [0.25, 0.3) is 0 Å². The van der Waals surface area contributed by atoms with E-state index < -0.39 is 0 Å². The van der Waals surface area contributed by atoms with E-state index in [4.69, 9.17) is 4.42 Å². The summed E-state index contributed by atoms with van der Waals surface area (Å²) in [5.74, 6) is 1.98. The van der Waals surface area contributed by atoms with Gasteiger partial charge in [-0.25, -0.2) is 0 Å². The lowest BCUT2D eigenvalue weighted by Crippen LogP contribution is -2.18. The molecule has 0 aliphatic rings. The summed E-state index contributed by atoms with van der Waals surface area (Å²) in [5.41, 5.74) is 3.64. The third-order valence-corrected chi connectivity index (χ3v) is 3.63. The first-order valence-corrected chi connectivity index (χ1v) is 6.84. The Labute approximate surface area is 114 Å². The van der Waals surface area contributed by atoms with Crippen LogP contribution >= 0.6 is 0 Å². The van der Waals surface area contributed by atoms with E-state index in [1.807, 2.05) is 31.8 Å². The highest BCUT2D eigenvalue weighted by atomic mass is 16.3. The molecule has 1 unspecified atom stereocenters. The number of hydrogen-bond donors (Lipinski definition) is 1. The molecule has 2 aromatic rings. The quantitative estimate of drug-likeness (QED) is 0.899. The van der Waals surface area contributed by atoms with Crippen molar-refractivity contribution in [2.24, 2.45) is 0 Å². The summed E-state index contributed by atoms with van der Waals surface area (Å²) in [6, 6.07) is 0.142. The van der Waals surface area contributed by atoms with Crippen molar-refractivity contribution in [2.75, 3.05) is 7.05 Å². The zero-order valence-corrected chi connectivity index (χ0v) is 12.4. The van der Waals surface area contributed by atoms with Crippen LogP contribution in [-0.2, 0) is 6.54 Å². The van der Waals surface area contributed by atoms with Gasteiger partial charge in [0.1, 0.15) is 11.5 Å². The Morgan fingerprint density at radius 1 is 1.32 bits per heavy atom. The summed E-state index contributed by atoms with van der Waals surface area (Å²) in [6.45, 7) is 9.26. The van der Waals surface area contributed by atoms with E-state index in [1.165, 1.54) is 16.7 Å². The van der Waals surface area contributed by atoms with Crippen LogP contribution in [0.5, 0.6) is 0 Å². The topological polar surface area (TPSA) is 43.0 Å². The van der Waals surface area contributed by atoms with Gasteiger partial charge >= 0.3 is 0 Å². The van der Waals surface area contributed by atoms with Crippen LogP contribution in [-0.4, -0.2) is 16.8 Å². The molecule has 0 saturated carbocycles. The minimum Gasteiger partial charge on any atom is -0.466 e. The van der Waals surface area contributed by atoms with Crippen LogP contribution in [0.1, 0.15) is 47.6 Å². The van der Waals surface area contributed by atoms with Crippen LogP contribution in [0, 0.1) is 20.8 Å². The molecule has 1 N–H and O–H groups in total. The van der Waals surface area contributed by atoms with Gasteiger partial charge in [0, 0.05) is 23.9 Å². The number of nitrogens with zero attached hydrogens (tertiary/aromatic N) is 2. The van der Waals surface area contributed by atoms with Gasteiger partial charge in [-0.05, 0) is 39.8 Å². The van der Waals surface area contributed by atoms with Crippen molar-refractivity contribution in [3.05, 3.63) is 40.6 Å². The molecular weight excluding hydrogens is 238 g/mol. The molecule has 0 bridgehead atoms. The lowest BCUT2D eigenvalue weighted by atomic mass is 9.98. The molecule has 0 saturated heterocycles. The summed E-state index contributed by atoms with van der Waals surface area (Å²) >= 11 is 0. The third-order valence-electron chi connectivity index (χ3n) is 3.63. The van der Waals surface area contributed by atoms with Crippen molar-refractivity contribution in [3.63, 3.8) is 0 Å². The predicted molar refractivity (Wildman–Crippen MR) is 76.3 cm³/mol. The fourth-order valence-electron chi connectivity index (χ4n) is 2.59. The minimum atomic E-state index is 0.142. The van der Waals surface area contributed by atoms with Crippen molar-refractivity contribution in [1.82, 2.24) is 15.1 Å². The first-order chi connectivity index (χ1) is 9.08. The van der Waals surface area contributed by atoms with E-state index in [0.717, 1.165) is 24.5 Å². The number of hydrogen-bond acceptors (Lipinski definition) is 3. The molecule has 0 radical (unpaired) electrons. The molecule has 2 aromatic heterocycles. The lowest BCUT2D eigenvalue weighted by Gasteiger charge is -2.15. The molecule has 0 aliphatic heterocycles. The molecule has 2 heterocycles. The van der Waals surface area contributed by atoms with Gasteiger partial charge in [0.2, 0.25) is 0 Å². The first-order valence-electron chi connectivity index (χ1n) is 6.84. The first kappa shape index (κ1) is 13.9. The summed E-state index contributed by atoms with van der Waals surface area (Å²) in [6.07, 6.45) is 5.15. The molecule has 0 aliphatic carbocycles. The summed E-state index contributed by atoms with van der Waals surface area (Å²) < 4.78 is 7.73. The number of aryl methyl sites for hydroxylation is 3. The third kappa shape index (κ3) is 2.59. The van der Waals surface area contributed by atoms with Crippen molar-refractivity contribution in [3.8, 4) is 0 Å². The highest BCUT2D eigenvalue weighted by Gasteiger charge is 2.22. The predicted octanol–water partition coefficient (Wildman–Crippen LogP) is 3.12. The molecule has 0 amide bonds. The van der Waals surface area contributed by atoms with Gasteiger partial charge < -0.3 is 9.73 Å². The second kappa shape index (κ2) is 5.61. The molecule has 19 heavy (non-hydrogen) atoms. The Kier molecular flexibility index (Phi) is 4.10. The van der Waals surface area contributed by atoms with E-state index in [-0.39, 0.29) is 6.04 Å². The second-order valence-corrected chi connectivity index (χ2v) is 5.01. The Hall–Kier alpha value is -1.55. The maximum atomic E-state index is 5.74. The fourth-order valence-corrected chi connectivity index (χ4v) is 2.59. The van der Waals surface area contributed by atoms with Crippen molar-refractivity contribution in [2.45, 2.75) is 46.7 Å². The lowest BCUT2D eigenvalue weighted by molar-refractivity contribution is 0.495. The zero-order chi connectivity index (χ0) is 14.0. The van der Waals surface area contributed by atoms with Crippen LogP contribution < -0.4 is 5.32 Å². The van der Waals surface area contributed by atoms with E-state index in [1.54, 1.807) is 0 Å². The highest BCUT2D eigenvalue weighted by Crippen LogP contribution is 2.31. The average Bonchev–Trinajstić information content (AvgIpc) is 2.91. The molecule has 0 spiro atoms. The smallest absolute Gasteiger partial charge is 0.106 e. The van der Waals surface area contributed by atoms with Gasteiger partial charge in [0.15, 0.2) is 0 Å². The number of nitrogens with one attached hydrogen (secondary N) is 1.